The van der Waals surface area contributed by atoms with Gasteiger partial charge in [0.2, 0.25) is 0 Å². The first-order valence-electron chi connectivity index (χ1n) is 5.39. The summed E-state index contributed by atoms with van der Waals surface area (Å²) in [7, 11) is 0. The topological polar surface area (TPSA) is 20.2 Å². The largest absolute Gasteiger partial charge is 0.393 e. The van der Waals surface area contributed by atoms with Crippen LogP contribution in [0.25, 0.3) is 0 Å². The lowest BCUT2D eigenvalue weighted by Gasteiger charge is -2.28. The quantitative estimate of drug-likeness (QED) is 0.841. The van der Waals surface area contributed by atoms with Crippen LogP contribution in [0.2, 0.25) is 0 Å². The van der Waals surface area contributed by atoms with Crippen LogP contribution in [-0.2, 0) is 5.41 Å². The Labute approximate surface area is 95.1 Å². The molecule has 16 heavy (non-hydrogen) atoms. The summed E-state index contributed by atoms with van der Waals surface area (Å²) in [4.78, 5) is 0. The van der Waals surface area contributed by atoms with Crippen molar-refractivity contribution in [1.82, 2.24) is 0 Å². The van der Waals surface area contributed by atoms with Gasteiger partial charge in [-0.2, -0.15) is 0 Å². The van der Waals surface area contributed by atoms with Crippen LogP contribution < -0.4 is 0 Å². The normalized spacial score (nSPS) is 13.9. The molecule has 90 valence electrons. The first kappa shape index (κ1) is 13.1. The number of rotatable bonds is 3. The van der Waals surface area contributed by atoms with Crippen LogP contribution >= 0.6 is 0 Å². The van der Waals surface area contributed by atoms with E-state index in [-0.39, 0.29) is 5.56 Å². The van der Waals surface area contributed by atoms with Crippen molar-refractivity contribution >= 4 is 0 Å². The zero-order valence-electron chi connectivity index (χ0n) is 10.1. The highest BCUT2D eigenvalue weighted by atomic mass is 19.1. The minimum absolute atomic E-state index is 0.0633. The molecule has 0 aromatic heterocycles. The third-order valence-electron chi connectivity index (χ3n) is 2.77. The molecule has 0 amide bonds. The van der Waals surface area contributed by atoms with Crippen LogP contribution in [0.15, 0.2) is 12.1 Å². The Morgan fingerprint density at radius 3 is 2.38 bits per heavy atom. The zero-order chi connectivity index (χ0) is 12.5. The Morgan fingerprint density at radius 1 is 1.31 bits per heavy atom. The molecule has 1 aromatic rings. The number of aliphatic hydroxyl groups is 1. The predicted octanol–water partition coefficient (Wildman–Crippen LogP) is 3.32. The van der Waals surface area contributed by atoms with Crippen LogP contribution in [-0.4, -0.2) is 11.2 Å². The number of aryl methyl sites for hydroxylation is 1. The lowest BCUT2D eigenvalue weighted by Crippen LogP contribution is -2.26. The van der Waals surface area contributed by atoms with Crippen molar-refractivity contribution in [3.8, 4) is 0 Å². The highest BCUT2D eigenvalue weighted by Crippen LogP contribution is 2.33. The molecule has 0 aliphatic carbocycles. The van der Waals surface area contributed by atoms with E-state index in [1.165, 1.54) is 12.1 Å². The molecule has 0 heterocycles. The molecule has 1 nitrogen and oxygen atoms in total. The molecule has 1 atom stereocenters. The summed E-state index contributed by atoms with van der Waals surface area (Å²) >= 11 is 0. The molecule has 1 aromatic carbocycles. The van der Waals surface area contributed by atoms with Gasteiger partial charge in [-0.15, -0.1) is 0 Å². The molecule has 1 rings (SSSR count). The molecule has 0 saturated heterocycles. The van der Waals surface area contributed by atoms with Gasteiger partial charge in [-0.25, -0.2) is 8.78 Å². The Morgan fingerprint density at radius 2 is 1.88 bits per heavy atom. The third-order valence-corrected chi connectivity index (χ3v) is 2.77. The molecule has 0 bridgehead atoms. The number of benzene rings is 1. The lowest BCUT2D eigenvalue weighted by atomic mass is 9.78. The number of halogens is 2. The standard InChI is InChI=1S/C13H18F2O/c1-8-5-6-10(14)11(12(8)15)13(3,4)7-9(2)16/h5-6,9,16H,7H2,1-4H3. The average molecular weight is 228 g/mol. The van der Waals surface area contributed by atoms with Crippen molar-refractivity contribution in [2.24, 2.45) is 0 Å². The minimum Gasteiger partial charge on any atom is -0.393 e. The Balaban J connectivity index is 3.26. The van der Waals surface area contributed by atoms with Crippen LogP contribution in [0.3, 0.4) is 0 Å². The van der Waals surface area contributed by atoms with E-state index in [2.05, 4.69) is 0 Å². The van der Waals surface area contributed by atoms with Gasteiger partial charge in [-0.05, 0) is 37.3 Å². The van der Waals surface area contributed by atoms with Crippen molar-refractivity contribution in [3.63, 3.8) is 0 Å². The number of hydrogen-bond acceptors (Lipinski definition) is 1. The predicted molar refractivity (Wildman–Crippen MR) is 60.4 cm³/mol. The number of hydrogen-bond donors (Lipinski definition) is 1. The van der Waals surface area contributed by atoms with Crippen LogP contribution in [0.4, 0.5) is 8.78 Å². The molecule has 1 unspecified atom stereocenters. The Hall–Kier alpha value is -0.960. The molecule has 0 aliphatic rings. The van der Waals surface area contributed by atoms with Gasteiger partial charge in [0.05, 0.1) is 6.10 Å². The summed E-state index contributed by atoms with van der Waals surface area (Å²) in [5.74, 6) is -1.06. The second kappa shape index (κ2) is 4.50. The highest BCUT2D eigenvalue weighted by Gasteiger charge is 2.29. The lowest BCUT2D eigenvalue weighted by molar-refractivity contribution is 0.154. The first-order chi connectivity index (χ1) is 7.25. The fourth-order valence-electron chi connectivity index (χ4n) is 2.12. The Kier molecular flexibility index (Phi) is 3.68. The van der Waals surface area contributed by atoms with Gasteiger partial charge in [-0.3, -0.25) is 0 Å². The summed E-state index contributed by atoms with van der Waals surface area (Å²) in [5.41, 5.74) is -0.225. The van der Waals surface area contributed by atoms with E-state index in [9.17, 15) is 13.9 Å². The molecule has 0 fully saturated rings. The van der Waals surface area contributed by atoms with Crippen LogP contribution in [0.1, 0.15) is 38.3 Å². The van der Waals surface area contributed by atoms with E-state index in [1.807, 2.05) is 0 Å². The van der Waals surface area contributed by atoms with E-state index in [0.29, 0.717) is 12.0 Å². The molecular formula is C13H18F2O. The molecular weight excluding hydrogens is 210 g/mol. The average Bonchev–Trinajstić information content (AvgIpc) is 2.09. The van der Waals surface area contributed by atoms with E-state index < -0.39 is 23.2 Å². The molecule has 3 heteroatoms. The minimum atomic E-state index is -0.714. The van der Waals surface area contributed by atoms with Gasteiger partial charge >= 0.3 is 0 Å². The molecule has 0 spiro atoms. The summed E-state index contributed by atoms with van der Waals surface area (Å²) in [5, 5.41) is 9.36. The summed E-state index contributed by atoms with van der Waals surface area (Å²) < 4.78 is 27.5. The monoisotopic (exact) mass is 228 g/mol. The van der Waals surface area contributed by atoms with Crippen molar-refractivity contribution in [3.05, 3.63) is 34.9 Å². The summed E-state index contributed by atoms with van der Waals surface area (Å²) in [6.45, 7) is 6.70. The van der Waals surface area contributed by atoms with E-state index in [1.54, 1.807) is 27.7 Å². The fourth-order valence-corrected chi connectivity index (χ4v) is 2.12. The first-order valence-corrected chi connectivity index (χ1v) is 5.39. The van der Waals surface area contributed by atoms with Crippen molar-refractivity contribution in [2.45, 2.75) is 45.6 Å². The maximum atomic E-state index is 13.9. The molecule has 1 N–H and O–H groups in total. The van der Waals surface area contributed by atoms with Gasteiger partial charge in [0.1, 0.15) is 11.6 Å². The summed E-state index contributed by atoms with van der Waals surface area (Å²) in [6, 6.07) is 2.70. The van der Waals surface area contributed by atoms with Gasteiger partial charge in [0.15, 0.2) is 0 Å². The van der Waals surface area contributed by atoms with Gasteiger partial charge in [0.25, 0.3) is 0 Å². The third kappa shape index (κ3) is 2.59. The zero-order valence-corrected chi connectivity index (χ0v) is 10.1. The van der Waals surface area contributed by atoms with E-state index >= 15 is 0 Å². The van der Waals surface area contributed by atoms with Gasteiger partial charge < -0.3 is 5.11 Å². The number of aliphatic hydroxyl groups excluding tert-OH is 1. The van der Waals surface area contributed by atoms with Crippen molar-refractivity contribution in [1.29, 1.82) is 0 Å². The molecule has 0 saturated carbocycles. The highest BCUT2D eigenvalue weighted by molar-refractivity contribution is 5.32. The van der Waals surface area contributed by atoms with E-state index in [0.717, 1.165) is 0 Å². The van der Waals surface area contributed by atoms with Gasteiger partial charge in [0, 0.05) is 5.56 Å². The smallest absolute Gasteiger partial charge is 0.132 e. The van der Waals surface area contributed by atoms with Crippen molar-refractivity contribution < 1.29 is 13.9 Å². The summed E-state index contributed by atoms with van der Waals surface area (Å²) in [6.07, 6.45) is -0.265. The van der Waals surface area contributed by atoms with Crippen molar-refractivity contribution in [2.75, 3.05) is 0 Å². The van der Waals surface area contributed by atoms with Gasteiger partial charge in [-0.1, -0.05) is 19.9 Å². The maximum Gasteiger partial charge on any atom is 0.132 e. The Bertz CT molecular complexity index is 384. The molecule has 0 aliphatic heterocycles. The SMILES string of the molecule is Cc1ccc(F)c(C(C)(C)CC(C)O)c1F. The van der Waals surface area contributed by atoms with E-state index in [4.69, 9.17) is 0 Å². The second-order valence-corrected chi connectivity index (χ2v) is 4.99. The molecule has 0 radical (unpaired) electrons. The second-order valence-electron chi connectivity index (χ2n) is 4.99. The fraction of sp³-hybridized carbons (Fsp3) is 0.538. The maximum absolute atomic E-state index is 13.9. The van der Waals surface area contributed by atoms with Crippen LogP contribution in [0, 0.1) is 18.6 Å². The van der Waals surface area contributed by atoms with Crippen LogP contribution in [0.5, 0.6) is 0 Å².